The molecule has 10 heteroatoms. The number of nitrogens with zero attached hydrogens (tertiary/aromatic N) is 3. The first-order valence-electron chi connectivity index (χ1n) is 11.9. The van der Waals surface area contributed by atoms with Crippen LogP contribution >= 0.6 is 11.9 Å². The zero-order chi connectivity index (χ0) is 25.8. The Labute approximate surface area is 217 Å². The van der Waals surface area contributed by atoms with Crippen molar-refractivity contribution in [2.24, 2.45) is 4.99 Å². The van der Waals surface area contributed by atoms with Crippen molar-refractivity contribution in [2.45, 2.75) is 24.1 Å². The van der Waals surface area contributed by atoms with Crippen LogP contribution in [0.15, 0.2) is 76.6 Å². The average Bonchev–Trinajstić information content (AvgIpc) is 2.91. The number of carbonyl (C=O) groups excluding carboxylic acids is 1. The molecule has 192 valence electrons. The highest BCUT2D eigenvalue weighted by Gasteiger charge is 2.31. The molecule has 6 nitrogen and oxygen atoms in total. The van der Waals surface area contributed by atoms with E-state index in [1.807, 2.05) is 35.4 Å². The van der Waals surface area contributed by atoms with Gasteiger partial charge in [0, 0.05) is 55.4 Å². The summed E-state index contributed by atoms with van der Waals surface area (Å²) in [6, 6.07) is 19.4. The van der Waals surface area contributed by atoms with Gasteiger partial charge in [0.25, 0.3) is 5.91 Å². The van der Waals surface area contributed by atoms with Crippen LogP contribution in [0.5, 0.6) is 5.75 Å². The largest absolute Gasteiger partial charge is 0.573 e. The number of carbonyl (C=O) groups is 1. The van der Waals surface area contributed by atoms with Gasteiger partial charge in [-0.2, -0.15) is 0 Å². The van der Waals surface area contributed by atoms with Crippen molar-refractivity contribution in [2.75, 3.05) is 35.8 Å². The molecule has 1 amide bonds. The number of anilines is 2. The predicted molar refractivity (Wildman–Crippen MR) is 140 cm³/mol. The second-order valence-corrected chi connectivity index (χ2v) is 9.57. The molecule has 1 fully saturated rings. The van der Waals surface area contributed by atoms with E-state index in [9.17, 15) is 18.0 Å². The number of para-hydroxylation sites is 1. The van der Waals surface area contributed by atoms with E-state index in [-0.39, 0.29) is 11.7 Å². The van der Waals surface area contributed by atoms with Crippen molar-refractivity contribution >= 4 is 41.1 Å². The Bertz CT molecular complexity index is 1290. The van der Waals surface area contributed by atoms with Crippen LogP contribution in [0.3, 0.4) is 0 Å². The molecular formula is C27H25F3N4O2S. The van der Waals surface area contributed by atoms with Crippen LogP contribution in [-0.2, 0) is 6.42 Å². The third-order valence-corrected chi connectivity index (χ3v) is 7.13. The fourth-order valence-corrected chi connectivity index (χ4v) is 5.19. The van der Waals surface area contributed by atoms with E-state index in [1.54, 1.807) is 23.1 Å². The van der Waals surface area contributed by atoms with Gasteiger partial charge in [0.05, 0.1) is 10.6 Å². The Morgan fingerprint density at radius 1 is 0.973 bits per heavy atom. The van der Waals surface area contributed by atoms with Gasteiger partial charge in [-0.25, -0.2) is 0 Å². The van der Waals surface area contributed by atoms with Gasteiger partial charge in [-0.3, -0.25) is 9.79 Å². The first kappa shape index (κ1) is 25.0. The average molecular weight is 527 g/mol. The lowest BCUT2D eigenvalue weighted by Gasteiger charge is -2.36. The number of alkyl halides is 3. The maximum atomic E-state index is 13.0. The molecule has 0 aliphatic carbocycles. The second kappa shape index (κ2) is 10.8. The summed E-state index contributed by atoms with van der Waals surface area (Å²) in [4.78, 5) is 22.3. The molecule has 5 rings (SSSR count). The Morgan fingerprint density at radius 2 is 1.73 bits per heavy atom. The lowest BCUT2D eigenvalue weighted by molar-refractivity contribution is -0.274. The van der Waals surface area contributed by atoms with E-state index in [0.29, 0.717) is 37.4 Å². The molecule has 0 spiro atoms. The highest BCUT2D eigenvalue weighted by Crippen LogP contribution is 2.35. The molecule has 2 aliphatic rings. The molecular weight excluding hydrogens is 501 g/mol. The molecule has 0 atom stereocenters. The summed E-state index contributed by atoms with van der Waals surface area (Å²) < 4.78 is 45.0. The molecule has 0 aromatic heterocycles. The second-order valence-electron chi connectivity index (χ2n) is 8.72. The Morgan fingerprint density at radius 3 is 2.49 bits per heavy atom. The number of rotatable bonds is 6. The van der Waals surface area contributed by atoms with Crippen LogP contribution in [0, 0.1) is 0 Å². The van der Waals surface area contributed by atoms with Gasteiger partial charge in [-0.1, -0.05) is 18.2 Å². The number of nitrogens with one attached hydrogen (secondary N) is 1. The van der Waals surface area contributed by atoms with Crippen molar-refractivity contribution in [3.63, 3.8) is 0 Å². The minimum Gasteiger partial charge on any atom is -0.406 e. The van der Waals surface area contributed by atoms with Crippen molar-refractivity contribution in [1.82, 2.24) is 4.90 Å². The van der Waals surface area contributed by atoms with Crippen LogP contribution in [0.1, 0.15) is 22.3 Å². The summed E-state index contributed by atoms with van der Waals surface area (Å²) in [5.41, 5.74) is 4.36. The monoisotopic (exact) mass is 526 g/mol. The topological polar surface area (TPSA) is 57.2 Å². The van der Waals surface area contributed by atoms with Crippen LogP contribution in [0.2, 0.25) is 0 Å². The quantitative estimate of drug-likeness (QED) is 0.381. The lowest BCUT2D eigenvalue weighted by Crippen LogP contribution is -2.48. The highest BCUT2D eigenvalue weighted by molar-refractivity contribution is 8.00. The predicted octanol–water partition coefficient (Wildman–Crippen LogP) is 6.32. The van der Waals surface area contributed by atoms with E-state index >= 15 is 0 Å². The fourth-order valence-electron chi connectivity index (χ4n) is 4.40. The molecule has 0 unspecified atom stereocenters. The number of hydrogen-bond acceptors (Lipinski definition) is 6. The van der Waals surface area contributed by atoms with Gasteiger partial charge >= 0.3 is 6.36 Å². The van der Waals surface area contributed by atoms with Crippen molar-refractivity contribution in [3.8, 4) is 5.75 Å². The molecule has 0 saturated carbocycles. The van der Waals surface area contributed by atoms with E-state index in [2.05, 4.69) is 20.5 Å². The number of aliphatic imine (C=N–C) groups is 1. The van der Waals surface area contributed by atoms with E-state index < -0.39 is 6.36 Å². The van der Waals surface area contributed by atoms with Crippen LogP contribution in [-0.4, -0.2) is 49.6 Å². The maximum absolute atomic E-state index is 13.0. The van der Waals surface area contributed by atoms with E-state index in [4.69, 9.17) is 0 Å². The van der Waals surface area contributed by atoms with Crippen molar-refractivity contribution in [3.05, 3.63) is 77.9 Å². The van der Waals surface area contributed by atoms with Gasteiger partial charge in [-0.05, 0) is 72.8 Å². The van der Waals surface area contributed by atoms with Gasteiger partial charge in [-0.15, -0.1) is 13.2 Å². The first-order valence-corrected chi connectivity index (χ1v) is 12.7. The standard InChI is InChI=1S/C27H25F3N4O2S/c28-27(29,30)36-23-7-2-6-22(18-23)33-14-16-34(17-15-33)26(35)20-9-11-21(12-10-20)32-37-24-8-1-4-19-5-3-13-31-25(19)24/h1-2,4,6-13,18,32H,3,5,14-17H2. The Balaban J connectivity index is 1.15. The van der Waals surface area contributed by atoms with Crippen LogP contribution in [0.25, 0.3) is 0 Å². The smallest absolute Gasteiger partial charge is 0.406 e. The molecule has 1 N–H and O–H groups in total. The van der Waals surface area contributed by atoms with Gasteiger partial charge in [0.1, 0.15) is 5.75 Å². The van der Waals surface area contributed by atoms with Crippen molar-refractivity contribution < 1.29 is 22.7 Å². The summed E-state index contributed by atoms with van der Waals surface area (Å²) in [5, 5.41) is 0. The molecule has 2 heterocycles. The minimum absolute atomic E-state index is 0.0699. The summed E-state index contributed by atoms with van der Waals surface area (Å²) in [6.45, 7) is 1.97. The third kappa shape index (κ3) is 6.19. The normalized spacial score (nSPS) is 15.3. The number of ether oxygens (including phenoxy) is 1. The van der Waals surface area contributed by atoms with Gasteiger partial charge in [0.2, 0.25) is 0 Å². The summed E-state index contributed by atoms with van der Waals surface area (Å²) in [5.74, 6) is -0.324. The lowest BCUT2D eigenvalue weighted by atomic mass is 10.1. The zero-order valence-corrected chi connectivity index (χ0v) is 20.7. The Hall–Kier alpha value is -3.66. The number of piperazine rings is 1. The van der Waals surface area contributed by atoms with Crippen LogP contribution in [0.4, 0.5) is 30.2 Å². The minimum atomic E-state index is -4.73. The number of fused-ring (bicyclic) bond motifs is 1. The number of benzene rings is 3. The zero-order valence-electron chi connectivity index (χ0n) is 19.9. The van der Waals surface area contributed by atoms with Gasteiger partial charge < -0.3 is 19.3 Å². The maximum Gasteiger partial charge on any atom is 0.573 e. The molecule has 0 radical (unpaired) electrons. The Kier molecular flexibility index (Phi) is 7.27. The first-order chi connectivity index (χ1) is 17.9. The molecule has 3 aromatic rings. The third-order valence-electron chi connectivity index (χ3n) is 6.24. The summed E-state index contributed by atoms with van der Waals surface area (Å²) in [6.07, 6.45) is -0.824. The SMILES string of the molecule is O=C(c1ccc(NSc2cccc3c2N=CCC3)cc1)N1CCN(c2cccc(OC(F)(F)F)c2)CC1. The summed E-state index contributed by atoms with van der Waals surface area (Å²) in [7, 11) is 0. The van der Waals surface area contributed by atoms with Crippen molar-refractivity contribution in [1.29, 1.82) is 0 Å². The number of aryl methyl sites for hydroxylation is 1. The van der Waals surface area contributed by atoms with E-state index in [0.717, 1.165) is 29.1 Å². The molecule has 37 heavy (non-hydrogen) atoms. The highest BCUT2D eigenvalue weighted by atomic mass is 32.2. The number of amides is 1. The molecule has 0 bridgehead atoms. The molecule has 2 aliphatic heterocycles. The van der Waals surface area contributed by atoms with Gasteiger partial charge in [0.15, 0.2) is 0 Å². The molecule has 3 aromatic carbocycles. The molecule has 1 saturated heterocycles. The number of hydrogen-bond donors (Lipinski definition) is 1. The van der Waals surface area contributed by atoms with E-state index in [1.165, 1.54) is 35.7 Å². The van der Waals surface area contributed by atoms with Crippen LogP contribution < -0.4 is 14.4 Å². The number of halogens is 3. The summed E-state index contributed by atoms with van der Waals surface area (Å²) >= 11 is 1.50. The fraction of sp³-hybridized carbons (Fsp3) is 0.259.